The maximum atomic E-state index is 12.5. The van der Waals surface area contributed by atoms with Crippen molar-refractivity contribution in [2.24, 2.45) is 0 Å². The van der Waals surface area contributed by atoms with Gasteiger partial charge in [-0.3, -0.25) is 9.78 Å². The van der Waals surface area contributed by atoms with Crippen LogP contribution in [0.15, 0.2) is 41.2 Å². The Kier molecular flexibility index (Phi) is 5.69. The van der Waals surface area contributed by atoms with Gasteiger partial charge in [0.15, 0.2) is 0 Å². The second-order valence-electron chi connectivity index (χ2n) is 6.13. The second kappa shape index (κ2) is 8.35. The molecule has 1 heterocycles. The number of nitrogens with zero attached hydrogens (tertiary/aromatic N) is 2. The molecule has 8 nitrogen and oxygen atoms in total. The van der Waals surface area contributed by atoms with Crippen LogP contribution in [0.1, 0.15) is 11.1 Å². The quantitative estimate of drug-likeness (QED) is 0.662. The van der Waals surface area contributed by atoms with Gasteiger partial charge in [-0.05, 0) is 42.8 Å². The van der Waals surface area contributed by atoms with E-state index >= 15 is 0 Å². The number of aryl methyl sites for hydroxylation is 1. The number of aromatic amines is 1. The Balaban J connectivity index is 2.08. The molecule has 3 aromatic rings. The van der Waals surface area contributed by atoms with Crippen LogP contribution in [0, 0.1) is 18.3 Å². The summed E-state index contributed by atoms with van der Waals surface area (Å²) in [5.74, 6) is 2.04. The highest BCUT2D eigenvalue weighted by Crippen LogP contribution is 2.34. The molecule has 0 aliphatic heterocycles. The fraction of sp³-hybridized carbons (Fsp3) is 0.190. The lowest BCUT2D eigenvalue weighted by Crippen LogP contribution is -2.16. The number of nitriles is 1. The number of nitrogens with one attached hydrogen (secondary N) is 2. The SMILES string of the molecule is COc1ccc(-c2nc(Nc3cc(C)c(OC)cc3OC)[nH]c(=O)c2C#N)cc1. The van der Waals surface area contributed by atoms with Gasteiger partial charge in [0.2, 0.25) is 5.95 Å². The average molecular weight is 392 g/mol. The van der Waals surface area contributed by atoms with Gasteiger partial charge in [0.05, 0.1) is 32.7 Å². The first-order valence-electron chi connectivity index (χ1n) is 8.69. The highest BCUT2D eigenvalue weighted by atomic mass is 16.5. The standard InChI is InChI=1S/C21H20N4O4/c1-12-9-16(18(29-4)10-17(12)28-3)23-21-24-19(15(11-22)20(26)25-21)13-5-7-14(27-2)8-6-13/h5-10H,1-4H3,(H2,23,24,25,26). The molecular weight excluding hydrogens is 372 g/mol. The van der Waals surface area contributed by atoms with Crippen LogP contribution in [0.3, 0.4) is 0 Å². The number of hydrogen-bond acceptors (Lipinski definition) is 7. The summed E-state index contributed by atoms with van der Waals surface area (Å²) in [5.41, 5.74) is 1.75. The molecule has 0 radical (unpaired) electrons. The molecule has 1 aromatic heterocycles. The summed E-state index contributed by atoms with van der Waals surface area (Å²) in [6.07, 6.45) is 0. The summed E-state index contributed by atoms with van der Waals surface area (Å²) in [6, 6.07) is 12.4. The Bertz CT molecular complexity index is 1130. The molecule has 0 fully saturated rings. The molecule has 148 valence electrons. The fourth-order valence-electron chi connectivity index (χ4n) is 2.88. The van der Waals surface area contributed by atoms with Crippen LogP contribution in [0.25, 0.3) is 11.3 Å². The lowest BCUT2D eigenvalue weighted by molar-refractivity contribution is 0.393. The molecule has 0 atom stereocenters. The third kappa shape index (κ3) is 3.99. The Labute approximate surface area is 167 Å². The van der Waals surface area contributed by atoms with E-state index in [1.165, 1.54) is 7.11 Å². The van der Waals surface area contributed by atoms with E-state index in [1.807, 2.05) is 19.1 Å². The molecule has 3 rings (SSSR count). The Hall–Kier alpha value is -3.99. The smallest absolute Gasteiger partial charge is 0.270 e. The molecular formula is C21H20N4O4. The Morgan fingerprint density at radius 2 is 1.72 bits per heavy atom. The summed E-state index contributed by atoms with van der Waals surface area (Å²) in [6.45, 7) is 1.89. The molecule has 2 aromatic carbocycles. The van der Waals surface area contributed by atoms with Gasteiger partial charge in [-0.1, -0.05) is 0 Å². The van der Waals surface area contributed by atoms with Gasteiger partial charge >= 0.3 is 0 Å². The molecule has 29 heavy (non-hydrogen) atoms. The van der Waals surface area contributed by atoms with Crippen LogP contribution in [0.2, 0.25) is 0 Å². The zero-order valence-electron chi connectivity index (χ0n) is 16.5. The van der Waals surface area contributed by atoms with E-state index in [4.69, 9.17) is 14.2 Å². The number of ether oxygens (including phenoxy) is 3. The number of aromatic nitrogens is 2. The van der Waals surface area contributed by atoms with E-state index in [1.54, 1.807) is 44.6 Å². The van der Waals surface area contributed by atoms with Crippen molar-refractivity contribution in [1.29, 1.82) is 5.26 Å². The van der Waals surface area contributed by atoms with Crippen LogP contribution >= 0.6 is 0 Å². The lowest BCUT2D eigenvalue weighted by atomic mass is 10.1. The van der Waals surface area contributed by atoms with E-state index in [-0.39, 0.29) is 17.2 Å². The maximum absolute atomic E-state index is 12.5. The number of rotatable bonds is 6. The minimum absolute atomic E-state index is 0.0707. The summed E-state index contributed by atoms with van der Waals surface area (Å²) in [7, 11) is 4.68. The van der Waals surface area contributed by atoms with Crippen molar-refractivity contribution in [3.63, 3.8) is 0 Å². The van der Waals surface area contributed by atoms with Crippen molar-refractivity contribution in [2.45, 2.75) is 6.92 Å². The van der Waals surface area contributed by atoms with Crippen molar-refractivity contribution >= 4 is 11.6 Å². The van der Waals surface area contributed by atoms with Crippen LogP contribution in [0.5, 0.6) is 17.2 Å². The minimum atomic E-state index is -0.542. The highest BCUT2D eigenvalue weighted by Gasteiger charge is 2.15. The van der Waals surface area contributed by atoms with Crippen LogP contribution < -0.4 is 25.1 Å². The normalized spacial score (nSPS) is 10.2. The number of benzene rings is 2. The van der Waals surface area contributed by atoms with Gasteiger partial charge in [-0.15, -0.1) is 0 Å². The zero-order valence-corrected chi connectivity index (χ0v) is 16.5. The van der Waals surface area contributed by atoms with Crippen LogP contribution in [0.4, 0.5) is 11.6 Å². The van der Waals surface area contributed by atoms with Crippen LogP contribution in [-0.4, -0.2) is 31.3 Å². The second-order valence-corrected chi connectivity index (χ2v) is 6.13. The van der Waals surface area contributed by atoms with E-state index in [9.17, 15) is 10.1 Å². The minimum Gasteiger partial charge on any atom is -0.497 e. The van der Waals surface area contributed by atoms with Gasteiger partial charge in [-0.25, -0.2) is 4.98 Å². The first kappa shape index (κ1) is 19.8. The Morgan fingerprint density at radius 1 is 1.03 bits per heavy atom. The van der Waals surface area contributed by atoms with Crippen LogP contribution in [-0.2, 0) is 0 Å². The fourth-order valence-corrected chi connectivity index (χ4v) is 2.88. The lowest BCUT2D eigenvalue weighted by Gasteiger charge is -2.15. The van der Waals surface area contributed by atoms with Crippen molar-refractivity contribution in [2.75, 3.05) is 26.6 Å². The maximum Gasteiger partial charge on any atom is 0.270 e. The molecule has 0 saturated carbocycles. The van der Waals surface area contributed by atoms with Crippen molar-refractivity contribution < 1.29 is 14.2 Å². The molecule has 0 aliphatic rings. The average Bonchev–Trinajstić information content (AvgIpc) is 2.73. The first-order valence-corrected chi connectivity index (χ1v) is 8.69. The topological polar surface area (TPSA) is 109 Å². The largest absolute Gasteiger partial charge is 0.497 e. The van der Waals surface area contributed by atoms with Gasteiger partial charge in [0, 0.05) is 11.6 Å². The molecule has 0 saturated heterocycles. The van der Waals surface area contributed by atoms with E-state index in [2.05, 4.69) is 15.3 Å². The molecule has 2 N–H and O–H groups in total. The molecule has 0 amide bonds. The number of H-pyrrole nitrogens is 1. The summed E-state index contributed by atoms with van der Waals surface area (Å²) >= 11 is 0. The highest BCUT2D eigenvalue weighted by molar-refractivity contribution is 5.71. The third-order valence-corrected chi connectivity index (χ3v) is 4.36. The monoisotopic (exact) mass is 392 g/mol. The molecule has 0 unspecified atom stereocenters. The predicted molar refractivity (Wildman–Crippen MR) is 109 cm³/mol. The van der Waals surface area contributed by atoms with Crippen molar-refractivity contribution in [3.05, 3.63) is 57.9 Å². The van der Waals surface area contributed by atoms with Gasteiger partial charge in [0.1, 0.15) is 28.9 Å². The molecule has 8 heteroatoms. The first-order chi connectivity index (χ1) is 14.0. The predicted octanol–water partition coefficient (Wildman–Crippen LogP) is 3.39. The number of anilines is 2. The summed E-state index contributed by atoms with van der Waals surface area (Å²) in [4.78, 5) is 19.5. The Morgan fingerprint density at radius 3 is 2.31 bits per heavy atom. The van der Waals surface area contributed by atoms with Gasteiger partial charge in [-0.2, -0.15) is 5.26 Å². The van der Waals surface area contributed by atoms with Crippen molar-refractivity contribution in [3.8, 4) is 34.6 Å². The van der Waals surface area contributed by atoms with Gasteiger partial charge < -0.3 is 19.5 Å². The number of hydrogen-bond donors (Lipinski definition) is 2. The molecule has 0 aliphatic carbocycles. The van der Waals surface area contributed by atoms with Gasteiger partial charge in [0.25, 0.3) is 5.56 Å². The van der Waals surface area contributed by atoms with E-state index in [0.29, 0.717) is 28.5 Å². The molecule has 0 bridgehead atoms. The number of methoxy groups -OCH3 is 3. The third-order valence-electron chi connectivity index (χ3n) is 4.36. The summed E-state index contributed by atoms with van der Waals surface area (Å²) in [5, 5.41) is 12.5. The van der Waals surface area contributed by atoms with E-state index in [0.717, 1.165) is 5.56 Å². The molecule has 0 spiro atoms. The van der Waals surface area contributed by atoms with E-state index < -0.39 is 5.56 Å². The van der Waals surface area contributed by atoms with Crippen molar-refractivity contribution in [1.82, 2.24) is 9.97 Å². The summed E-state index contributed by atoms with van der Waals surface area (Å²) < 4.78 is 15.9. The zero-order chi connectivity index (χ0) is 21.0.